The zero-order valence-corrected chi connectivity index (χ0v) is 11.8. The number of alkyl halides is 3. The molecule has 1 unspecified atom stereocenters. The second-order valence-corrected chi connectivity index (χ2v) is 5.19. The zero-order chi connectivity index (χ0) is 14.3. The Morgan fingerprint density at radius 1 is 1.37 bits per heavy atom. The fraction of sp³-hybridized carbons (Fsp3) is 0.538. The van der Waals surface area contributed by atoms with Gasteiger partial charge in [-0.15, -0.1) is 13.2 Å². The third kappa shape index (κ3) is 6.20. The smallest absolute Gasteiger partial charge is 0.406 e. The monoisotopic (exact) mass is 293 g/mol. The minimum atomic E-state index is -4.65. The Hall–Kier alpha value is -0.880. The Kier molecular flexibility index (Phi) is 6.51. The number of halogens is 3. The number of hydrogen-bond donors (Lipinski definition) is 1. The summed E-state index contributed by atoms with van der Waals surface area (Å²) in [5.41, 5.74) is 0.799. The molecule has 6 heteroatoms. The van der Waals surface area contributed by atoms with Gasteiger partial charge in [0, 0.05) is 11.8 Å². The lowest BCUT2D eigenvalue weighted by Gasteiger charge is -2.17. The van der Waals surface area contributed by atoms with Crippen LogP contribution < -0.4 is 10.1 Å². The summed E-state index contributed by atoms with van der Waals surface area (Å²) in [6.07, 6.45) is -3.57. The summed E-state index contributed by atoms with van der Waals surface area (Å²) in [6.45, 7) is 2.10. The fourth-order valence-electron chi connectivity index (χ4n) is 1.62. The average Bonchev–Trinajstić information content (AvgIpc) is 2.33. The Morgan fingerprint density at radius 2 is 2.11 bits per heavy atom. The first-order valence-corrected chi connectivity index (χ1v) is 7.22. The third-order valence-electron chi connectivity index (χ3n) is 2.48. The number of thioether (sulfide) groups is 1. The molecular formula is C13H18F3NOS. The lowest BCUT2D eigenvalue weighted by Crippen LogP contribution is -2.20. The van der Waals surface area contributed by atoms with Crippen molar-refractivity contribution in [3.8, 4) is 5.75 Å². The molecule has 1 rings (SSSR count). The van der Waals surface area contributed by atoms with Crippen molar-refractivity contribution in [1.82, 2.24) is 5.32 Å². The molecule has 1 aromatic carbocycles. The highest BCUT2D eigenvalue weighted by Crippen LogP contribution is 2.26. The van der Waals surface area contributed by atoms with Gasteiger partial charge in [0.2, 0.25) is 0 Å². The average molecular weight is 293 g/mol. The predicted molar refractivity (Wildman–Crippen MR) is 72.5 cm³/mol. The highest BCUT2D eigenvalue weighted by Gasteiger charge is 2.31. The highest BCUT2D eigenvalue weighted by molar-refractivity contribution is 7.99. The van der Waals surface area contributed by atoms with Crippen LogP contribution in [-0.4, -0.2) is 24.9 Å². The molecule has 0 heterocycles. The van der Waals surface area contributed by atoms with E-state index in [1.165, 1.54) is 12.1 Å². The van der Waals surface area contributed by atoms with Crippen molar-refractivity contribution in [1.29, 1.82) is 0 Å². The van der Waals surface area contributed by atoms with Crippen LogP contribution in [0, 0.1) is 0 Å². The van der Waals surface area contributed by atoms with E-state index in [9.17, 15) is 13.2 Å². The molecule has 0 saturated heterocycles. The molecule has 0 aliphatic heterocycles. The SMILES string of the molecule is CCCSCC(NC)c1cccc(OC(F)(F)F)c1. The third-order valence-corrected chi connectivity index (χ3v) is 3.74. The summed E-state index contributed by atoms with van der Waals surface area (Å²) in [5, 5.41) is 3.11. The summed E-state index contributed by atoms with van der Waals surface area (Å²) in [5.74, 6) is 1.68. The molecule has 0 saturated carbocycles. The van der Waals surface area contributed by atoms with E-state index in [2.05, 4.69) is 17.0 Å². The first-order valence-electron chi connectivity index (χ1n) is 6.07. The van der Waals surface area contributed by atoms with Crippen LogP contribution in [0.3, 0.4) is 0 Å². The summed E-state index contributed by atoms with van der Waals surface area (Å²) >= 11 is 1.77. The van der Waals surface area contributed by atoms with Gasteiger partial charge in [0.15, 0.2) is 0 Å². The van der Waals surface area contributed by atoms with Gasteiger partial charge in [0.1, 0.15) is 5.75 Å². The van der Waals surface area contributed by atoms with Crippen LogP contribution in [0.25, 0.3) is 0 Å². The Morgan fingerprint density at radius 3 is 2.68 bits per heavy atom. The standard InChI is InChI=1S/C13H18F3NOS/c1-3-7-19-9-12(17-2)10-5-4-6-11(8-10)18-13(14,15)16/h4-6,8,12,17H,3,7,9H2,1-2H3. The molecule has 108 valence electrons. The van der Waals surface area contributed by atoms with E-state index in [4.69, 9.17) is 0 Å². The number of ether oxygens (including phenoxy) is 1. The maximum absolute atomic E-state index is 12.2. The summed E-state index contributed by atoms with van der Waals surface area (Å²) in [4.78, 5) is 0. The number of benzene rings is 1. The molecule has 0 fully saturated rings. The van der Waals surface area contributed by atoms with Crippen molar-refractivity contribution in [2.75, 3.05) is 18.6 Å². The van der Waals surface area contributed by atoms with Crippen LogP contribution in [0.4, 0.5) is 13.2 Å². The van der Waals surface area contributed by atoms with Crippen LogP contribution in [0.15, 0.2) is 24.3 Å². The molecule has 19 heavy (non-hydrogen) atoms. The summed E-state index contributed by atoms with van der Waals surface area (Å²) < 4.78 is 40.4. The van der Waals surface area contributed by atoms with Crippen molar-refractivity contribution in [2.24, 2.45) is 0 Å². The molecule has 0 radical (unpaired) electrons. The van der Waals surface area contributed by atoms with E-state index < -0.39 is 6.36 Å². The van der Waals surface area contributed by atoms with E-state index in [0.717, 1.165) is 23.5 Å². The van der Waals surface area contributed by atoms with Gasteiger partial charge in [-0.2, -0.15) is 11.8 Å². The Balaban J connectivity index is 2.72. The van der Waals surface area contributed by atoms with Gasteiger partial charge in [-0.3, -0.25) is 0 Å². The molecule has 0 aromatic heterocycles. The van der Waals surface area contributed by atoms with Crippen molar-refractivity contribution >= 4 is 11.8 Å². The predicted octanol–water partition coefficient (Wildman–Crippen LogP) is 3.99. The van der Waals surface area contributed by atoms with E-state index in [0.29, 0.717) is 0 Å². The number of hydrogen-bond acceptors (Lipinski definition) is 3. The van der Waals surface area contributed by atoms with E-state index in [-0.39, 0.29) is 11.8 Å². The maximum atomic E-state index is 12.2. The van der Waals surface area contributed by atoms with E-state index in [1.54, 1.807) is 30.9 Å². The van der Waals surface area contributed by atoms with E-state index >= 15 is 0 Å². The largest absolute Gasteiger partial charge is 0.573 e. The first kappa shape index (κ1) is 16.2. The minimum Gasteiger partial charge on any atom is -0.406 e. The van der Waals surface area contributed by atoms with Gasteiger partial charge in [-0.1, -0.05) is 19.1 Å². The van der Waals surface area contributed by atoms with Gasteiger partial charge < -0.3 is 10.1 Å². The molecular weight excluding hydrogens is 275 g/mol. The van der Waals surface area contributed by atoms with Gasteiger partial charge in [-0.25, -0.2) is 0 Å². The molecule has 0 spiro atoms. The molecule has 2 nitrogen and oxygen atoms in total. The fourth-order valence-corrected chi connectivity index (χ4v) is 2.67. The first-order chi connectivity index (χ1) is 8.96. The lowest BCUT2D eigenvalue weighted by atomic mass is 10.1. The van der Waals surface area contributed by atoms with Crippen LogP contribution >= 0.6 is 11.8 Å². The molecule has 0 aliphatic carbocycles. The summed E-state index contributed by atoms with van der Waals surface area (Å²) in [7, 11) is 1.80. The second-order valence-electron chi connectivity index (χ2n) is 4.04. The van der Waals surface area contributed by atoms with Crippen LogP contribution in [0.5, 0.6) is 5.75 Å². The maximum Gasteiger partial charge on any atom is 0.573 e. The van der Waals surface area contributed by atoms with Crippen molar-refractivity contribution in [3.63, 3.8) is 0 Å². The molecule has 0 aliphatic rings. The van der Waals surface area contributed by atoms with Gasteiger partial charge in [0.05, 0.1) is 0 Å². The highest BCUT2D eigenvalue weighted by atomic mass is 32.2. The quantitative estimate of drug-likeness (QED) is 0.768. The van der Waals surface area contributed by atoms with Crippen LogP contribution in [0.1, 0.15) is 24.9 Å². The molecule has 1 atom stereocenters. The van der Waals surface area contributed by atoms with Crippen molar-refractivity contribution in [3.05, 3.63) is 29.8 Å². The molecule has 1 N–H and O–H groups in total. The van der Waals surface area contributed by atoms with Gasteiger partial charge >= 0.3 is 6.36 Å². The van der Waals surface area contributed by atoms with E-state index in [1.807, 2.05) is 0 Å². The minimum absolute atomic E-state index is 0.0216. The normalized spacial score (nSPS) is 13.3. The van der Waals surface area contributed by atoms with Gasteiger partial charge in [0.25, 0.3) is 0 Å². The Labute approximate surface area is 115 Å². The molecule has 0 amide bonds. The second kappa shape index (κ2) is 7.65. The van der Waals surface area contributed by atoms with Gasteiger partial charge in [-0.05, 0) is 36.9 Å². The topological polar surface area (TPSA) is 21.3 Å². The van der Waals surface area contributed by atoms with Crippen molar-refractivity contribution < 1.29 is 17.9 Å². The lowest BCUT2D eigenvalue weighted by molar-refractivity contribution is -0.274. The van der Waals surface area contributed by atoms with Crippen molar-refractivity contribution in [2.45, 2.75) is 25.7 Å². The molecule has 1 aromatic rings. The van der Waals surface area contributed by atoms with Crippen LogP contribution in [-0.2, 0) is 0 Å². The zero-order valence-electron chi connectivity index (χ0n) is 11.0. The Bertz CT molecular complexity index is 384. The summed E-state index contributed by atoms with van der Waals surface area (Å²) in [6, 6.07) is 6.14. The van der Waals surface area contributed by atoms with Crippen LogP contribution in [0.2, 0.25) is 0 Å². The number of rotatable bonds is 7. The number of nitrogens with one attached hydrogen (secondary N) is 1. The molecule has 0 bridgehead atoms.